The fourth-order valence-corrected chi connectivity index (χ4v) is 3.02. The number of hydrogen-bond acceptors (Lipinski definition) is 4. The second-order valence-corrected chi connectivity index (χ2v) is 6.22. The first kappa shape index (κ1) is 13.9. The van der Waals surface area contributed by atoms with Crippen LogP contribution in [0.15, 0.2) is 35.2 Å². The molecule has 1 aliphatic rings. The SMILES string of the molecule is COc1ccc2c(c1)OCCC=CCN(C)S2(=O)=O. The Morgan fingerprint density at radius 3 is 2.84 bits per heavy atom. The van der Waals surface area contributed by atoms with E-state index in [9.17, 15) is 8.42 Å². The standard InChI is InChI=1S/C13H17NO4S/c1-14-8-4-3-5-9-18-12-10-11(17-2)6-7-13(12)19(14,15)16/h3-4,6-7,10H,5,8-9H2,1-2H3. The summed E-state index contributed by atoms with van der Waals surface area (Å²) in [5.74, 6) is 0.908. The molecule has 0 fully saturated rings. The van der Waals surface area contributed by atoms with Gasteiger partial charge >= 0.3 is 0 Å². The minimum Gasteiger partial charge on any atom is -0.497 e. The van der Waals surface area contributed by atoms with Gasteiger partial charge in [0.2, 0.25) is 10.0 Å². The Morgan fingerprint density at radius 1 is 1.32 bits per heavy atom. The van der Waals surface area contributed by atoms with E-state index in [1.54, 1.807) is 19.2 Å². The predicted octanol–water partition coefficient (Wildman–Crippen LogP) is 1.65. The summed E-state index contributed by atoms with van der Waals surface area (Å²) in [6.07, 6.45) is 4.48. The van der Waals surface area contributed by atoms with Crippen molar-refractivity contribution in [2.24, 2.45) is 0 Å². The maximum Gasteiger partial charge on any atom is 0.246 e. The Hall–Kier alpha value is -1.53. The maximum atomic E-state index is 12.4. The first-order valence-corrected chi connectivity index (χ1v) is 7.42. The molecule has 0 aliphatic carbocycles. The Balaban J connectivity index is 2.51. The smallest absolute Gasteiger partial charge is 0.246 e. The maximum absolute atomic E-state index is 12.4. The molecule has 104 valence electrons. The summed E-state index contributed by atoms with van der Waals surface area (Å²) in [5.41, 5.74) is 0. The second kappa shape index (κ2) is 5.63. The molecule has 1 aromatic carbocycles. The molecule has 0 saturated carbocycles. The third-order valence-electron chi connectivity index (χ3n) is 2.91. The van der Waals surface area contributed by atoms with Crippen molar-refractivity contribution in [2.45, 2.75) is 11.3 Å². The molecule has 6 heteroatoms. The highest BCUT2D eigenvalue weighted by atomic mass is 32.2. The van der Waals surface area contributed by atoms with Crippen LogP contribution in [-0.2, 0) is 10.0 Å². The number of benzene rings is 1. The number of likely N-dealkylation sites (N-methyl/N-ethyl adjacent to an activating group) is 1. The van der Waals surface area contributed by atoms with Gasteiger partial charge in [0, 0.05) is 19.7 Å². The molecule has 1 aromatic rings. The number of sulfonamides is 1. The lowest BCUT2D eigenvalue weighted by Gasteiger charge is -2.19. The first-order valence-electron chi connectivity index (χ1n) is 5.98. The molecule has 5 nitrogen and oxygen atoms in total. The van der Waals surface area contributed by atoms with Gasteiger partial charge in [-0.3, -0.25) is 0 Å². The van der Waals surface area contributed by atoms with E-state index in [-0.39, 0.29) is 4.90 Å². The molecule has 1 aliphatic heterocycles. The van der Waals surface area contributed by atoms with Crippen LogP contribution < -0.4 is 9.47 Å². The lowest BCUT2D eigenvalue weighted by atomic mass is 10.3. The number of hydrogen-bond donors (Lipinski definition) is 0. The molecule has 1 heterocycles. The van der Waals surface area contributed by atoms with Crippen LogP contribution in [0.25, 0.3) is 0 Å². The van der Waals surface area contributed by atoms with E-state index in [1.165, 1.54) is 17.5 Å². The molecular formula is C13H17NO4S. The van der Waals surface area contributed by atoms with E-state index in [0.717, 1.165) is 6.42 Å². The molecular weight excluding hydrogens is 266 g/mol. The first-order chi connectivity index (χ1) is 9.05. The molecule has 2 rings (SSSR count). The van der Waals surface area contributed by atoms with Crippen molar-refractivity contribution in [1.82, 2.24) is 4.31 Å². The second-order valence-electron chi connectivity index (χ2n) is 4.21. The van der Waals surface area contributed by atoms with Crippen LogP contribution in [0.3, 0.4) is 0 Å². The van der Waals surface area contributed by atoms with Gasteiger partial charge in [-0.1, -0.05) is 12.2 Å². The Morgan fingerprint density at radius 2 is 2.11 bits per heavy atom. The zero-order valence-electron chi connectivity index (χ0n) is 11.0. The van der Waals surface area contributed by atoms with Crippen LogP contribution in [0.1, 0.15) is 6.42 Å². The highest BCUT2D eigenvalue weighted by molar-refractivity contribution is 7.89. The fraction of sp³-hybridized carbons (Fsp3) is 0.385. The Bertz CT molecular complexity index is 580. The topological polar surface area (TPSA) is 55.8 Å². The van der Waals surface area contributed by atoms with Crippen molar-refractivity contribution >= 4 is 10.0 Å². The van der Waals surface area contributed by atoms with Gasteiger partial charge in [-0.2, -0.15) is 4.31 Å². The highest BCUT2D eigenvalue weighted by Crippen LogP contribution is 2.30. The van der Waals surface area contributed by atoms with Gasteiger partial charge < -0.3 is 9.47 Å². The highest BCUT2D eigenvalue weighted by Gasteiger charge is 2.25. The van der Waals surface area contributed by atoms with E-state index in [1.807, 2.05) is 12.2 Å². The van der Waals surface area contributed by atoms with Crippen LogP contribution >= 0.6 is 0 Å². The number of nitrogens with zero attached hydrogens (tertiary/aromatic N) is 1. The predicted molar refractivity (Wildman–Crippen MR) is 72.1 cm³/mol. The lowest BCUT2D eigenvalue weighted by molar-refractivity contribution is 0.311. The summed E-state index contributed by atoms with van der Waals surface area (Å²) in [6, 6.07) is 4.74. The minimum atomic E-state index is -3.54. The molecule has 0 atom stereocenters. The monoisotopic (exact) mass is 283 g/mol. The summed E-state index contributed by atoms with van der Waals surface area (Å²) in [7, 11) is -0.460. The van der Waals surface area contributed by atoms with Gasteiger partial charge in [0.05, 0.1) is 13.7 Å². The molecule has 0 bridgehead atoms. The molecule has 0 saturated heterocycles. The van der Waals surface area contributed by atoms with Gasteiger partial charge in [-0.25, -0.2) is 8.42 Å². The fourth-order valence-electron chi connectivity index (χ4n) is 1.79. The van der Waals surface area contributed by atoms with Crippen LogP contribution in [0.2, 0.25) is 0 Å². The average molecular weight is 283 g/mol. The number of fused-ring (bicyclic) bond motifs is 1. The van der Waals surface area contributed by atoms with Gasteiger partial charge in [0.25, 0.3) is 0 Å². The summed E-state index contributed by atoms with van der Waals surface area (Å²) < 4.78 is 36.8. The number of methoxy groups -OCH3 is 1. The Labute approximate surface area is 113 Å². The van der Waals surface area contributed by atoms with E-state index in [2.05, 4.69) is 0 Å². The molecule has 0 spiro atoms. The van der Waals surface area contributed by atoms with Crippen molar-refractivity contribution in [3.05, 3.63) is 30.4 Å². The van der Waals surface area contributed by atoms with E-state index >= 15 is 0 Å². The zero-order chi connectivity index (χ0) is 13.9. The average Bonchev–Trinajstić information content (AvgIpc) is 2.41. The third kappa shape index (κ3) is 2.90. The third-order valence-corrected chi connectivity index (χ3v) is 4.77. The van der Waals surface area contributed by atoms with Crippen LogP contribution in [-0.4, -0.2) is 40.0 Å². The molecule has 0 aromatic heterocycles. The van der Waals surface area contributed by atoms with E-state index < -0.39 is 10.0 Å². The van der Waals surface area contributed by atoms with Crippen LogP contribution in [0, 0.1) is 0 Å². The molecule has 0 N–H and O–H groups in total. The largest absolute Gasteiger partial charge is 0.497 e. The van der Waals surface area contributed by atoms with Gasteiger partial charge in [-0.15, -0.1) is 0 Å². The van der Waals surface area contributed by atoms with E-state index in [4.69, 9.17) is 9.47 Å². The van der Waals surface area contributed by atoms with Gasteiger partial charge in [-0.05, 0) is 18.6 Å². The van der Waals surface area contributed by atoms with Crippen molar-refractivity contribution in [3.8, 4) is 11.5 Å². The molecule has 0 amide bonds. The minimum absolute atomic E-state index is 0.172. The normalized spacial score (nSPS) is 19.3. The quantitative estimate of drug-likeness (QED) is 0.735. The van der Waals surface area contributed by atoms with Gasteiger partial charge in [0.1, 0.15) is 16.4 Å². The number of rotatable bonds is 1. The van der Waals surface area contributed by atoms with E-state index in [0.29, 0.717) is 24.7 Å². The molecule has 0 unspecified atom stereocenters. The molecule has 19 heavy (non-hydrogen) atoms. The lowest BCUT2D eigenvalue weighted by Crippen LogP contribution is -2.28. The van der Waals surface area contributed by atoms with Gasteiger partial charge in [0.15, 0.2) is 0 Å². The summed E-state index contributed by atoms with van der Waals surface area (Å²) in [6.45, 7) is 0.795. The van der Waals surface area contributed by atoms with Crippen LogP contribution in [0.5, 0.6) is 11.5 Å². The van der Waals surface area contributed by atoms with Crippen molar-refractivity contribution < 1.29 is 17.9 Å². The Kier molecular flexibility index (Phi) is 4.11. The zero-order valence-corrected chi connectivity index (χ0v) is 11.8. The van der Waals surface area contributed by atoms with Crippen molar-refractivity contribution in [1.29, 1.82) is 0 Å². The summed E-state index contributed by atoms with van der Waals surface area (Å²) in [5, 5.41) is 0. The van der Waals surface area contributed by atoms with Crippen molar-refractivity contribution in [3.63, 3.8) is 0 Å². The number of ether oxygens (including phenoxy) is 2. The van der Waals surface area contributed by atoms with Crippen molar-refractivity contribution in [2.75, 3.05) is 27.3 Å². The summed E-state index contributed by atoms with van der Waals surface area (Å²) >= 11 is 0. The molecule has 0 radical (unpaired) electrons. The summed E-state index contributed by atoms with van der Waals surface area (Å²) in [4.78, 5) is 0.172. The van der Waals surface area contributed by atoms with Crippen LogP contribution in [0.4, 0.5) is 0 Å².